The van der Waals surface area contributed by atoms with E-state index in [4.69, 9.17) is 9.47 Å². The number of amides is 1. The Hall–Kier alpha value is -0.810. The van der Waals surface area contributed by atoms with Gasteiger partial charge in [0.15, 0.2) is 0 Å². The van der Waals surface area contributed by atoms with Gasteiger partial charge in [0.2, 0.25) is 0 Å². The molecule has 0 bridgehead atoms. The summed E-state index contributed by atoms with van der Waals surface area (Å²) in [6.07, 6.45) is -0.233. The number of nitrogens with zero attached hydrogens (tertiary/aromatic N) is 1. The molecule has 98 valence electrons. The average Bonchev–Trinajstić information content (AvgIpc) is 2.70. The van der Waals surface area contributed by atoms with E-state index in [0.717, 1.165) is 19.6 Å². The first kappa shape index (κ1) is 12.6. The summed E-state index contributed by atoms with van der Waals surface area (Å²) in [5, 5.41) is 3.32. The van der Waals surface area contributed by atoms with Crippen molar-refractivity contribution in [3.05, 3.63) is 0 Å². The molecule has 1 N–H and O–H groups in total. The number of carbonyl (C=O) groups is 1. The van der Waals surface area contributed by atoms with Crippen LogP contribution in [0.15, 0.2) is 0 Å². The van der Waals surface area contributed by atoms with Crippen molar-refractivity contribution < 1.29 is 14.3 Å². The maximum atomic E-state index is 12.0. The van der Waals surface area contributed by atoms with E-state index < -0.39 is 5.60 Å². The van der Waals surface area contributed by atoms with Gasteiger partial charge in [-0.15, -0.1) is 0 Å². The highest BCUT2D eigenvalue weighted by Gasteiger charge is 2.52. The second-order valence-electron chi connectivity index (χ2n) is 5.96. The predicted molar refractivity (Wildman–Crippen MR) is 63.9 cm³/mol. The van der Waals surface area contributed by atoms with Gasteiger partial charge < -0.3 is 19.7 Å². The van der Waals surface area contributed by atoms with Crippen molar-refractivity contribution in [3.8, 4) is 0 Å². The summed E-state index contributed by atoms with van der Waals surface area (Å²) in [5.41, 5.74) is -0.649. The third-order valence-electron chi connectivity index (χ3n) is 3.52. The van der Waals surface area contributed by atoms with Crippen LogP contribution in [0.5, 0.6) is 0 Å². The number of ether oxygens (including phenoxy) is 2. The predicted octanol–water partition coefficient (Wildman–Crippen LogP) is 0.842. The minimum atomic E-state index is -0.437. The fourth-order valence-electron chi connectivity index (χ4n) is 2.63. The number of likely N-dealkylation sites (tertiary alicyclic amines) is 1. The molecule has 2 fully saturated rings. The highest BCUT2D eigenvalue weighted by Crippen LogP contribution is 2.34. The number of fused-ring (bicyclic) bond motifs is 1. The molecule has 0 aliphatic carbocycles. The van der Waals surface area contributed by atoms with Crippen molar-refractivity contribution in [2.45, 2.75) is 32.0 Å². The van der Waals surface area contributed by atoms with Crippen LogP contribution in [-0.4, -0.2) is 55.5 Å². The lowest BCUT2D eigenvalue weighted by atomic mass is 9.95. The highest BCUT2D eigenvalue weighted by molar-refractivity contribution is 5.69. The van der Waals surface area contributed by atoms with Gasteiger partial charge in [0.05, 0.1) is 6.54 Å². The lowest BCUT2D eigenvalue weighted by molar-refractivity contribution is -0.0112. The molecule has 0 radical (unpaired) electrons. The van der Waals surface area contributed by atoms with Crippen molar-refractivity contribution in [2.75, 3.05) is 33.3 Å². The van der Waals surface area contributed by atoms with Crippen LogP contribution in [0.1, 0.15) is 20.8 Å². The summed E-state index contributed by atoms with van der Waals surface area (Å²) >= 11 is 0. The Labute approximate surface area is 102 Å². The minimum absolute atomic E-state index is 0.211. The minimum Gasteiger partial charge on any atom is -0.444 e. The van der Waals surface area contributed by atoms with Gasteiger partial charge >= 0.3 is 6.09 Å². The van der Waals surface area contributed by atoms with Gasteiger partial charge in [-0.25, -0.2) is 4.79 Å². The fraction of sp³-hybridized carbons (Fsp3) is 0.917. The maximum absolute atomic E-state index is 12.0. The number of rotatable bonds is 1. The van der Waals surface area contributed by atoms with E-state index in [1.165, 1.54) is 0 Å². The third-order valence-corrected chi connectivity index (χ3v) is 3.52. The maximum Gasteiger partial charge on any atom is 0.410 e. The van der Waals surface area contributed by atoms with E-state index >= 15 is 0 Å². The van der Waals surface area contributed by atoms with Crippen LogP contribution in [0.2, 0.25) is 0 Å². The third kappa shape index (κ3) is 2.40. The van der Waals surface area contributed by atoms with Crippen molar-refractivity contribution in [2.24, 2.45) is 5.92 Å². The first-order valence-corrected chi connectivity index (χ1v) is 6.10. The number of hydrogen-bond acceptors (Lipinski definition) is 4. The monoisotopic (exact) mass is 242 g/mol. The molecule has 0 aromatic carbocycles. The molecule has 0 aromatic rings. The fourth-order valence-corrected chi connectivity index (χ4v) is 2.63. The molecule has 2 heterocycles. The van der Waals surface area contributed by atoms with E-state index in [1.54, 1.807) is 12.0 Å². The lowest BCUT2D eigenvalue weighted by Crippen LogP contribution is -2.43. The van der Waals surface area contributed by atoms with Crippen molar-refractivity contribution in [1.82, 2.24) is 10.2 Å². The number of methoxy groups -OCH3 is 1. The summed E-state index contributed by atoms with van der Waals surface area (Å²) in [6, 6.07) is 0. The molecular weight excluding hydrogens is 220 g/mol. The Morgan fingerprint density at radius 2 is 2.18 bits per heavy atom. The second-order valence-corrected chi connectivity index (χ2v) is 5.96. The van der Waals surface area contributed by atoms with E-state index in [0.29, 0.717) is 12.5 Å². The topological polar surface area (TPSA) is 50.8 Å². The summed E-state index contributed by atoms with van der Waals surface area (Å²) < 4.78 is 11.0. The summed E-state index contributed by atoms with van der Waals surface area (Å²) in [6.45, 7) is 8.72. The van der Waals surface area contributed by atoms with Gasteiger partial charge in [-0.1, -0.05) is 0 Å². The molecule has 2 rings (SSSR count). The van der Waals surface area contributed by atoms with Gasteiger partial charge in [-0.05, 0) is 20.8 Å². The molecule has 2 atom stereocenters. The zero-order valence-electron chi connectivity index (χ0n) is 11.1. The first-order chi connectivity index (χ1) is 7.86. The van der Waals surface area contributed by atoms with Crippen LogP contribution >= 0.6 is 0 Å². The van der Waals surface area contributed by atoms with E-state index in [1.807, 2.05) is 20.8 Å². The van der Waals surface area contributed by atoms with E-state index in [2.05, 4.69) is 5.32 Å². The molecule has 17 heavy (non-hydrogen) atoms. The average molecular weight is 242 g/mol. The molecule has 0 aromatic heterocycles. The van der Waals surface area contributed by atoms with Crippen molar-refractivity contribution in [1.29, 1.82) is 0 Å². The Morgan fingerprint density at radius 1 is 1.47 bits per heavy atom. The Balaban J connectivity index is 2.00. The van der Waals surface area contributed by atoms with Crippen LogP contribution in [0.4, 0.5) is 4.79 Å². The zero-order chi connectivity index (χ0) is 12.7. The number of hydrogen-bond donors (Lipinski definition) is 1. The summed E-state index contributed by atoms with van der Waals surface area (Å²) in [5.74, 6) is 0.375. The summed E-state index contributed by atoms with van der Waals surface area (Å²) in [4.78, 5) is 13.7. The van der Waals surface area contributed by atoms with Gasteiger partial charge in [0, 0.05) is 32.7 Å². The van der Waals surface area contributed by atoms with Crippen molar-refractivity contribution >= 4 is 6.09 Å². The zero-order valence-corrected chi connectivity index (χ0v) is 11.1. The van der Waals surface area contributed by atoms with Gasteiger partial charge in [-0.2, -0.15) is 0 Å². The van der Waals surface area contributed by atoms with Crippen LogP contribution < -0.4 is 5.32 Å². The quantitative estimate of drug-likeness (QED) is 0.740. The number of nitrogens with one attached hydrogen (secondary N) is 1. The Bertz CT molecular complexity index is 313. The van der Waals surface area contributed by atoms with Crippen LogP contribution in [0, 0.1) is 5.92 Å². The first-order valence-electron chi connectivity index (χ1n) is 6.10. The Kier molecular flexibility index (Phi) is 3.08. The molecule has 0 unspecified atom stereocenters. The van der Waals surface area contributed by atoms with Crippen LogP contribution in [0.3, 0.4) is 0 Å². The summed E-state index contributed by atoms with van der Waals surface area (Å²) in [7, 11) is 1.72. The smallest absolute Gasteiger partial charge is 0.410 e. The van der Waals surface area contributed by atoms with Gasteiger partial charge in [0.25, 0.3) is 0 Å². The molecule has 1 amide bonds. The largest absolute Gasteiger partial charge is 0.444 e. The van der Waals surface area contributed by atoms with E-state index in [9.17, 15) is 4.79 Å². The molecule has 2 aliphatic rings. The SMILES string of the molecule is CO[C@]12CNC[C@H]1CN(C(=O)OC(C)(C)C)C2. The van der Waals surface area contributed by atoms with Gasteiger partial charge in [0.1, 0.15) is 11.2 Å². The highest BCUT2D eigenvalue weighted by atomic mass is 16.6. The standard InChI is InChI=1S/C12H22N2O3/c1-11(2,3)17-10(15)14-6-9-5-13-7-12(9,8-14)16-4/h9,13H,5-8H2,1-4H3/t9-,12-/m0/s1. The molecular formula is C12H22N2O3. The molecule has 2 saturated heterocycles. The second kappa shape index (κ2) is 4.14. The van der Waals surface area contributed by atoms with Crippen LogP contribution in [-0.2, 0) is 9.47 Å². The lowest BCUT2D eigenvalue weighted by Gasteiger charge is -2.27. The van der Waals surface area contributed by atoms with Crippen LogP contribution in [0.25, 0.3) is 0 Å². The normalized spacial score (nSPS) is 32.7. The Morgan fingerprint density at radius 3 is 2.71 bits per heavy atom. The molecule has 0 saturated carbocycles. The molecule has 5 heteroatoms. The van der Waals surface area contributed by atoms with E-state index in [-0.39, 0.29) is 11.7 Å². The van der Waals surface area contributed by atoms with Gasteiger partial charge in [-0.3, -0.25) is 0 Å². The molecule has 2 aliphatic heterocycles. The van der Waals surface area contributed by atoms with Crippen molar-refractivity contribution in [3.63, 3.8) is 0 Å². The molecule has 0 spiro atoms. The molecule has 5 nitrogen and oxygen atoms in total. The number of carbonyl (C=O) groups excluding carboxylic acids is 1.